The van der Waals surface area contributed by atoms with Crippen LogP contribution in [0.25, 0.3) is 0 Å². The summed E-state index contributed by atoms with van der Waals surface area (Å²) in [6, 6.07) is 5.71. The maximum Gasteiger partial charge on any atom is 0.227 e. The van der Waals surface area contributed by atoms with Crippen molar-refractivity contribution < 1.29 is 14.6 Å². The van der Waals surface area contributed by atoms with Crippen molar-refractivity contribution >= 4 is 11.6 Å². The fourth-order valence-electron chi connectivity index (χ4n) is 1.89. The number of carbonyl (C=O) groups is 1. The minimum Gasteiger partial charge on any atom is -0.491 e. The number of benzene rings is 1. The molecule has 1 aromatic carbocycles. The van der Waals surface area contributed by atoms with Gasteiger partial charge in [0, 0.05) is 13.1 Å². The van der Waals surface area contributed by atoms with Crippen molar-refractivity contribution in [3.8, 4) is 5.75 Å². The number of hydrogen-bond donors (Lipinski definition) is 3. The van der Waals surface area contributed by atoms with Gasteiger partial charge >= 0.3 is 0 Å². The van der Waals surface area contributed by atoms with E-state index in [0.717, 1.165) is 5.56 Å². The van der Waals surface area contributed by atoms with Crippen LogP contribution in [0.4, 0.5) is 5.69 Å². The quantitative estimate of drug-likeness (QED) is 0.766. The zero-order valence-electron chi connectivity index (χ0n) is 11.3. The Hall–Kier alpha value is -1.59. The van der Waals surface area contributed by atoms with E-state index >= 15 is 0 Å². The van der Waals surface area contributed by atoms with E-state index in [1.165, 1.54) is 0 Å². The number of rotatable bonds is 4. The second kappa shape index (κ2) is 5.59. The van der Waals surface area contributed by atoms with Crippen LogP contribution in [0.15, 0.2) is 18.2 Å². The highest BCUT2D eigenvalue weighted by Crippen LogP contribution is 2.28. The molecular formula is C14H20N2O3. The van der Waals surface area contributed by atoms with Crippen molar-refractivity contribution in [1.29, 1.82) is 0 Å². The molecule has 1 aliphatic heterocycles. The van der Waals surface area contributed by atoms with Crippen molar-refractivity contribution in [2.75, 3.05) is 18.5 Å². The lowest BCUT2D eigenvalue weighted by molar-refractivity contribution is -0.116. The summed E-state index contributed by atoms with van der Waals surface area (Å²) in [5.41, 5.74) is 1.02. The van der Waals surface area contributed by atoms with Gasteiger partial charge in [0.1, 0.15) is 5.75 Å². The number of nitrogens with one attached hydrogen (secondary N) is 2. The molecule has 0 aliphatic carbocycles. The molecule has 5 nitrogen and oxygen atoms in total. The fraction of sp³-hybridized carbons (Fsp3) is 0.500. The van der Waals surface area contributed by atoms with Crippen LogP contribution in [0.1, 0.15) is 25.8 Å². The lowest BCUT2D eigenvalue weighted by Gasteiger charge is -2.18. The Morgan fingerprint density at radius 2 is 2.26 bits per heavy atom. The SMILES string of the molecule is CC(C)(O)CNCc1ccc2c(c1)NC(=O)CCO2. The molecule has 1 aliphatic rings. The van der Waals surface area contributed by atoms with E-state index in [4.69, 9.17) is 4.74 Å². The molecule has 0 saturated carbocycles. The van der Waals surface area contributed by atoms with E-state index in [2.05, 4.69) is 10.6 Å². The molecule has 0 aromatic heterocycles. The first-order valence-corrected chi connectivity index (χ1v) is 6.43. The molecule has 0 saturated heterocycles. The predicted octanol–water partition coefficient (Wildman–Crippen LogP) is 1.27. The van der Waals surface area contributed by atoms with Crippen LogP contribution in [0.5, 0.6) is 5.75 Å². The second-order valence-corrected chi connectivity index (χ2v) is 5.39. The summed E-state index contributed by atoms with van der Waals surface area (Å²) < 4.78 is 5.49. The molecule has 19 heavy (non-hydrogen) atoms. The van der Waals surface area contributed by atoms with Gasteiger partial charge in [-0.3, -0.25) is 4.79 Å². The van der Waals surface area contributed by atoms with Crippen LogP contribution in [-0.2, 0) is 11.3 Å². The monoisotopic (exact) mass is 264 g/mol. The van der Waals surface area contributed by atoms with Crippen LogP contribution < -0.4 is 15.4 Å². The van der Waals surface area contributed by atoms with Gasteiger partial charge in [0.05, 0.1) is 24.3 Å². The normalized spacial score (nSPS) is 15.2. The number of hydrogen-bond acceptors (Lipinski definition) is 4. The van der Waals surface area contributed by atoms with Gasteiger partial charge in [0.25, 0.3) is 0 Å². The zero-order valence-corrected chi connectivity index (χ0v) is 11.3. The molecule has 2 rings (SSSR count). The molecule has 1 heterocycles. The first-order chi connectivity index (χ1) is 8.94. The Morgan fingerprint density at radius 1 is 1.47 bits per heavy atom. The van der Waals surface area contributed by atoms with Crippen molar-refractivity contribution in [3.63, 3.8) is 0 Å². The molecular weight excluding hydrogens is 244 g/mol. The van der Waals surface area contributed by atoms with E-state index in [1.807, 2.05) is 18.2 Å². The van der Waals surface area contributed by atoms with Gasteiger partial charge in [0.15, 0.2) is 0 Å². The molecule has 1 aromatic rings. The minimum atomic E-state index is -0.733. The van der Waals surface area contributed by atoms with E-state index in [9.17, 15) is 9.90 Å². The Morgan fingerprint density at radius 3 is 3.00 bits per heavy atom. The third kappa shape index (κ3) is 4.22. The van der Waals surface area contributed by atoms with Crippen molar-refractivity contribution in [2.24, 2.45) is 0 Å². The van der Waals surface area contributed by atoms with Crippen LogP contribution in [0.3, 0.4) is 0 Å². The Bertz CT molecular complexity index is 466. The maximum absolute atomic E-state index is 11.5. The van der Waals surface area contributed by atoms with Gasteiger partial charge in [0.2, 0.25) is 5.91 Å². The minimum absolute atomic E-state index is 0.0275. The molecule has 0 bridgehead atoms. The number of aliphatic hydroxyl groups is 1. The van der Waals surface area contributed by atoms with Crippen molar-refractivity contribution in [2.45, 2.75) is 32.4 Å². The van der Waals surface area contributed by atoms with Gasteiger partial charge in [-0.25, -0.2) is 0 Å². The second-order valence-electron chi connectivity index (χ2n) is 5.39. The number of ether oxygens (including phenoxy) is 1. The Labute approximate surface area is 113 Å². The molecule has 0 unspecified atom stereocenters. The van der Waals surface area contributed by atoms with Crippen LogP contribution in [0, 0.1) is 0 Å². The topological polar surface area (TPSA) is 70.6 Å². The van der Waals surface area contributed by atoms with E-state index in [1.54, 1.807) is 13.8 Å². The summed E-state index contributed by atoms with van der Waals surface area (Å²) in [6.45, 7) is 5.06. The van der Waals surface area contributed by atoms with Gasteiger partial charge < -0.3 is 20.5 Å². The van der Waals surface area contributed by atoms with Crippen molar-refractivity contribution in [1.82, 2.24) is 5.32 Å². The number of carbonyl (C=O) groups excluding carboxylic acids is 1. The van der Waals surface area contributed by atoms with Crippen molar-refractivity contribution in [3.05, 3.63) is 23.8 Å². The first-order valence-electron chi connectivity index (χ1n) is 6.43. The highest BCUT2D eigenvalue weighted by atomic mass is 16.5. The Kier molecular flexibility index (Phi) is 4.07. The molecule has 1 amide bonds. The average molecular weight is 264 g/mol. The van der Waals surface area contributed by atoms with Crippen LogP contribution >= 0.6 is 0 Å². The van der Waals surface area contributed by atoms with E-state index in [0.29, 0.717) is 37.6 Å². The molecule has 0 fully saturated rings. The van der Waals surface area contributed by atoms with Crippen LogP contribution in [-0.4, -0.2) is 29.8 Å². The number of fused-ring (bicyclic) bond motifs is 1. The standard InChI is InChI=1S/C14H20N2O3/c1-14(2,18)9-15-8-10-3-4-12-11(7-10)16-13(17)5-6-19-12/h3-4,7,15,18H,5-6,8-9H2,1-2H3,(H,16,17). The lowest BCUT2D eigenvalue weighted by Crippen LogP contribution is -2.34. The van der Waals surface area contributed by atoms with E-state index < -0.39 is 5.60 Å². The molecule has 3 N–H and O–H groups in total. The largest absolute Gasteiger partial charge is 0.491 e. The summed E-state index contributed by atoms with van der Waals surface area (Å²) in [5, 5.41) is 15.6. The van der Waals surface area contributed by atoms with E-state index in [-0.39, 0.29) is 5.91 Å². The lowest BCUT2D eigenvalue weighted by atomic mass is 10.1. The summed E-state index contributed by atoms with van der Waals surface area (Å²) in [7, 11) is 0. The summed E-state index contributed by atoms with van der Waals surface area (Å²) >= 11 is 0. The van der Waals surface area contributed by atoms with Gasteiger partial charge in [-0.2, -0.15) is 0 Å². The first kappa shape index (κ1) is 13.8. The maximum atomic E-state index is 11.5. The average Bonchev–Trinajstić information content (AvgIpc) is 2.47. The third-order valence-corrected chi connectivity index (χ3v) is 2.79. The summed E-state index contributed by atoms with van der Waals surface area (Å²) in [6.07, 6.45) is 0.376. The fourth-order valence-corrected chi connectivity index (χ4v) is 1.89. The van der Waals surface area contributed by atoms with Gasteiger partial charge in [-0.05, 0) is 31.5 Å². The highest BCUT2D eigenvalue weighted by molar-refractivity contribution is 5.93. The summed E-state index contributed by atoms with van der Waals surface area (Å²) in [4.78, 5) is 11.5. The highest BCUT2D eigenvalue weighted by Gasteiger charge is 2.15. The third-order valence-electron chi connectivity index (χ3n) is 2.79. The molecule has 0 radical (unpaired) electrons. The van der Waals surface area contributed by atoms with Gasteiger partial charge in [-0.1, -0.05) is 6.07 Å². The molecule has 0 spiro atoms. The molecule has 0 atom stereocenters. The zero-order chi connectivity index (χ0) is 13.9. The summed E-state index contributed by atoms with van der Waals surface area (Å²) in [5.74, 6) is 0.678. The number of amides is 1. The van der Waals surface area contributed by atoms with Crippen LogP contribution in [0.2, 0.25) is 0 Å². The Balaban J connectivity index is 2.02. The number of anilines is 1. The predicted molar refractivity (Wildman–Crippen MR) is 73.2 cm³/mol. The smallest absolute Gasteiger partial charge is 0.227 e. The molecule has 104 valence electrons. The van der Waals surface area contributed by atoms with Gasteiger partial charge in [-0.15, -0.1) is 0 Å². The molecule has 5 heteroatoms.